The average molecular weight is 331 g/mol. The fourth-order valence-corrected chi connectivity index (χ4v) is 3.33. The van der Waals surface area contributed by atoms with Crippen molar-refractivity contribution in [3.63, 3.8) is 0 Å². The van der Waals surface area contributed by atoms with Crippen molar-refractivity contribution in [3.05, 3.63) is 28.8 Å². The van der Waals surface area contributed by atoms with Gasteiger partial charge < -0.3 is 10.2 Å². The Morgan fingerprint density at radius 2 is 1.95 bits per heavy atom. The van der Waals surface area contributed by atoms with E-state index in [1.165, 1.54) is 25.1 Å². The second kappa shape index (κ2) is 5.65. The van der Waals surface area contributed by atoms with Crippen LogP contribution in [0.25, 0.3) is 0 Å². The molecule has 6 nitrogen and oxygen atoms in total. The summed E-state index contributed by atoms with van der Waals surface area (Å²) in [6.45, 7) is 2.40. The van der Waals surface area contributed by atoms with E-state index in [1.54, 1.807) is 4.90 Å². The molecule has 1 heterocycles. The third kappa shape index (κ3) is 3.54. The minimum atomic E-state index is -3.49. The summed E-state index contributed by atoms with van der Waals surface area (Å²) >= 11 is 5.83. The monoisotopic (exact) mass is 330 g/mol. The first kappa shape index (κ1) is 15.8. The predicted molar refractivity (Wildman–Crippen MR) is 78.1 cm³/mol. The van der Waals surface area contributed by atoms with Crippen molar-refractivity contribution >= 4 is 33.3 Å². The fraction of sp³-hybridized carbons (Fsp3) is 0.385. The Kier molecular flexibility index (Phi) is 4.25. The minimum Gasteiger partial charge on any atom is -0.346 e. The van der Waals surface area contributed by atoms with Gasteiger partial charge in [-0.2, -0.15) is 0 Å². The molecular formula is C13H15ClN2O4S. The Bertz CT molecular complexity index is 696. The summed E-state index contributed by atoms with van der Waals surface area (Å²) in [5.74, 6) is -0.420. The van der Waals surface area contributed by atoms with Crippen molar-refractivity contribution in [2.24, 2.45) is 0 Å². The third-order valence-electron chi connectivity index (χ3n) is 3.25. The molecule has 1 aliphatic rings. The number of hydrogen-bond donors (Lipinski definition) is 1. The third-order valence-corrected chi connectivity index (χ3v) is 4.83. The lowest BCUT2D eigenvalue weighted by Gasteiger charge is -2.38. The Balaban J connectivity index is 2.09. The van der Waals surface area contributed by atoms with E-state index in [0.29, 0.717) is 13.1 Å². The van der Waals surface area contributed by atoms with E-state index in [9.17, 15) is 18.0 Å². The van der Waals surface area contributed by atoms with E-state index in [2.05, 4.69) is 5.32 Å². The normalized spacial score (nSPS) is 15.5. The van der Waals surface area contributed by atoms with Crippen molar-refractivity contribution in [3.8, 4) is 0 Å². The molecule has 21 heavy (non-hydrogen) atoms. The highest BCUT2D eigenvalue weighted by molar-refractivity contribution is 7.90. The van der Waals surface area contributed by atoms with Crippen molar-refractivity contribution < 1.29 is 18.0 Å². The highest BCUT2D eigenvalue weighted by Crippen LogP contribution is 2.22. The number of benzene rings is 1. The highest BCUT2D eigenvalue weighted by Gasteiger charge is 2.30. The van der Waals surface area contributed by atoms with E-state index < -0.39 is 9.84 Å². The number of rotatable bonds is 3. The van der Waals surface area contributed by atoms with Gasteiger partial charge in [0.05, 0.1) is 16.0 Å². The van der Waals surface area contributed by atoms with Crippen LogP contribution in [0.4, 0.5) is 0 Å². The van der Waals surface area contributed by atoms with Crippen LogP contribution >= 0.6 is 11.6 Å². The van der Waals surface area contributed by atoms with Crippen LogP contribution in [0.1, 0.15) is 17.3 Å². The molecule has 0 bridgehead atoms. The van der Waals surface area contributed by atoms with Crippen LogP contribution in [0.15, 0.2) is 23.1 Å². The lowest BCUT2D eigenvalue weighted by molar-refractivity contribution is -0.133. The van der Waals surface area contributed by atoms with E-state index in [-0.39, 0.29) is 33.3 Å². The summed E-state index contributed by atoms with van der Waals surface area (Å²) in [5.41, 5.74) is 0.223. The Hall–Kier alpha value is -1.60. The van der Waals surface area contributed by atoms with Crippen LogP contribution in [-0.4, -0.2) is 50.5 Å². The summed E-state index contributed by atoms with van der Waals surface area (Å²) in [5, 5.41) is 2.83. The van der Waals surface area contributed by atoms with Gasteiger partial charge in [-0.25, -0.2) is 8.42 Å². The first-order valence-corrected chi connectivity index (χ1v) is 8.51. The zero-order valence-electron chi connectivity index (χ0n) is 11.6. The van der Waals surface area contributed by atoms with Crippen molar-refractivity contribution in [2.75, 3.05) is 19.3 Å². The van der Waals surface area contributed by atoms with Crippen LogP contribution < -0.4 is 5.32 Å². The zero-order chi connectivity index (χ0) is 15.8. The molecule has 2 amide bonds. The number of sulfone groups is 1. The summed E-state index contributed by atoms with van der Waals surface area (Å²) < 4.78 is 23.2. The van der Waals surface area contributed by atoms with Gasteiger partial charge in [-0.3, -0.25) is 9.59 Å². The zero-order valence-corrected chi connectivity index (χ0v) is 13.2. The average Bonchev–Trinajstić information content (AvgIpc) is 2.31. The van der Waals surface area contributed by atoms with Crippen LogP contribution in [0.2, 0.25) is 5.02 Å². The first-order valence-electron chi connectivity index (χ1n) is 6.24. The van der Waals surface area contributed by atoms with E-state index in [0.717, 1.165) is 6.26 Å². The molecule has 8 heteroatoms. The summed E-state index contributed by atoms with van der Waals surface area (Å²) in [6, 6.07) is 4.00. The molecule has 1 aliphatic heterocycles. The molecule has 0 atom stereocenters. The number of amides is 2. The van der Waals surface area contributed by atoms with Gasteiger partial charge in [-0.15, -0.1) is 0 Å². The number of nitrogens with zero attached hydrogens (tertiary/aromatic N) is 1. The number of likely N-dealkylation sites (tertiary alicyclic amines) is 1. The number of nitrogens with one attached hydrogen (secondary N) is 1. The number of carbonyl (C=O) groups excluding carboxylic acids is 2. The number of carbonyl (C=O) groups is 2. The van der Waals surface area contributed by atoms with E-state index in [1.807, 2.05) is 0 Å². The number of hydrogen-bond acceptors (Lipinski definition) is 4. The summed E-state index contributed by atoms with van der Waals surface area (Å²) in [6.07, 6.45) is 1.03. The standard InChI is InChI=1S/C13H15ClN2O4S/c1-8(17)16-6-10(7-16)15-13(18)9-3-4-11(14)12(5-9)21(2,19)20/h3-5,10H,6-7H2,1-2H3,(H,15,18). The van der Waals surface area contributed by atoms with Gasteiger partial charge in [0.25, 0.3) is 5.91 Å². The Morgan fingerprint density at radius 1 is 1.33 bits per heavy atom. The highest BCUT2D eigenvalue weighted by atomic mass is 35.5. The maximum absolute atomic E-state index is 12.1. The molecule has 1 saturated heterocycles. The second-order valence-electron chi connectivity index (χ2n) is 5.01. The van der Waals surface area contributed by atoms with Crippen LogP contribution in [0.3, 0.4) is 0 Å². The summed E-state index contributed by atoms with van der Waals surface area (Å²) in [7, 11) is -3.49. The van der Waals surface area contributed by atoms with Gasteiger partial charge in [-0.05, 0) is 18.2 Å². The van der Waals surface area contributed by atoms with Gasteiger partial charge in [0.2, 0.25) is 5.91 Å². The van der Waals surface area contributed by atoms with Crippen LogP contribution in [0, 0.1) is 0 Å². The maximum Gasteiger partial charge on any atom is 0.251 e. The van der Waals surface area contributed by atoms with Gasteiger partial charge in [0.15, 0.2) is 9.84 Å². The number of halogens is 1. The molecule has 0 aromatic heterocycles. The van der Waals surface area contributed by atoms with E-state index in [4.69, 9.17) is 11.6 Å². The molecule has 1 fully saturated rings. The molecule has 0 unspecified atom stereocenters. The lowest BCUT2D eigenvalue weighted by Crippen LogP contribution is -2.60. The van der Waals surface area contributed by atoms with Crippen LogP contribution in [0.5, 0.6) is 0 Å². The minimum absolute atomic E-state index is 0.0358. The molecule has 114 valence electrons. The largest absolute Gasteiger partial charge is 0.346 e. The smallest absolute Gasteiger partial charge is 0.251 e. The molecule has 0 saturated carbocycles. The van der Waals surface area contributed by atoms with Crippen molar-refractivity contribution in [1.29, 1.82) is 0 Å². The predicted octanol–water partition coefficient (Wildman–Crippen LogP) is 0.704. The molecular weight excluding hydrogens is 316 g/mol. The van der Waals surface area contributed by atoms with Crippen molar-refractivity contribution in [1.82, 2.24) is 10.2 Å². The quantitative estimate of drug-likeness (QED) is 0.884. The van der Waals surface area contributed by atoms with Gasteiger partial charge >= 0.3 is 0 Å². The SMILES string of the molecule is CC(=O)N1CC(NC(=O)c2ccc(Cl)c(S(C)(=O)=O)c2)C1. The molecule has 2 rings (SSSR count). The maximum atomic E-state index is 12.1. The molecule has 0 radical (unpaired) electrons. The van der Waals surface area contributed by atoms with Gasteiger partial charge in [-0.1, -0.05) is 11.6 Å². The van der Waals surface area contributed by atoms with Gasteiger partial charge in [0, 0.05) is 31.8 Å². The van der Waals surface area contributed by atoms with E-state index >= 15 is 0 Å². The van der Waals surface area contributed by atoms with Crippen LogP contribution in [-0.2, 0) is 14.6 Å². The molecule has 1 aromatic rings. The first-order chi connectivity index (χ1) is 9.68. The Morgan fingerprint density at radius 3 is 2.48 bits per heavy atom. The lowest BCUT2D eigenvalue weighted by atomic mass is 10.1. The van der Waals surface area contributed by atoms with Crippen molar-refractivity contribution in [2.45, 2.75) is 17.9 Å². The molecule has 1 N–H and O–H groups in total. The molecule has 1 aromatic carbocycles. The fourth-order valence-electron chi connectivity index (χ4n) is 2.02. The Labute approximate surface area is 128 Å². The summed E-state index contributed by atoms with van der Waals surface area (Å²) in [4.78, 5) is 24.6. The second-order valence-corrected chi connectivity index (χ2v) is 7.40. The topological polar surface area (TPSA) is 83.6 Å². The molecule has 0 spiro atoms. The molecule has 0 aliphatic carbocycles. The van der Waals surface area contributed by atoms with Gasteiger partial charge in [0.1, 0.15) is 0 Å².